The first kappa shape index (κ1) is 15.2. The first-order valence-corrected chi connectivity index (χ1v) is 6.55. The Morgan fingerprint density at radius 3 is 2.11 bits per heavy atom. The lowest BCUT2D eigenvalue weighted by Crippen LogP contribution is -2.36. The van der Waals surface area contributed by atoms with Crippen LogP contribution in [0.15, 0.2) is 0 Å². The average molecular weight is 257 g/mol. The predicted octanol–water partition coefficient (Wildman–Crippen LogP) is 1.34. The summed E-state index contributed by atoms with van der Waals surface area (Å²) in [5.74, 6) is 1.57. The van der Waals surface area contributed by atoms with Gasteiger partial charge in [0.15, 0.2) is 0 Å². The van der Waals surface area contributed by atoms with Gasteiger partial charge in [-0.05, 0) is 53.1 Å². The van der Waals surface area contributed by atoms with Crippen LogP contribution in [0.1, 0.15) is 27.2 Å². The molecule has 5 nitrogen and oxygen atoms in total. The van der Waals surface area contributed by atoms with Crippen LogP contribution in [-0.4, -0.2) is 55.3 Å². The van der Waals surface area contributed by atoms with Gasteiger partial charge in [-0.3, -0.25) is 4.90 Å². The number of piperidine rings is 1. The van der Waals surface area contributed by atoms with E-state index in [1.54, 1.807) is 0 Å². The molecule has 1 aliphatic heterocycles. The quantitative estimate of drug-likeness (QED) is 0.720. The number of fused-ring (bicyclic) bond motifs is 1. The number of carbonyl (C=O) groups is 1. The highest BCUT2D eigenvalue weighted by Crippen LogP contribution is 2.45. The van der Waals surface area contributed by atoms with Crippen molar-refractivity contribution in [3.05, 3.63) is 0 Å². The van der Waals surface area contributed by atoms with E-state index in [0.29, 0.717) is 6.67 Å². The lowest BCUT2D eigenvalue weighted by atomic mass is 10.2. The number of likely N-dealkylation sites (tertiary alicyclic amines) is 1. The lowest BCUT2D eigenvalue weighted by molar-refractivity contribution is 0.0274. The minimum Gasteiger partial charge on any atom is -0.444 e. The minimum atomic E-state index is -0.357. The van der Waals surface area contributed by atoms with Gasteiger partial charge in [-0.25, -0.2) is 4.79 Å². The van der Waals surface area contributed by atoms with Gasteiger partial charge in [0.25, 0.3) is 0 Å². The Morgan fingerprint density at radius 1 is 1.33 bits per heavy atom. The molecule has 2 N–H and O–H groups in total. The molecular formula is C13H27N3O2. The van der Waals surface area contributed by atoms with Gasteiger partial charge in [-0.15, -0.1) is 0 Å². The maximum absolute atomic E-state index is 11.5. The number of hydrogen-bond donors (Lipinski definition) is 1. The number of rotatable bonds is 1. The van der Waals surface area contributed by atoms with E-state index in [1.807, 2.05) is 44.7 Å². The van der Waals surface area contributed by atoms with Gasteiger partial charge in [-0.1, -0.05) is 0 Å². The van der Waals surface area contributed by atoms with Crippen molar-refractivity contribution in [2.24, 2.45) is 17.6 Å². The highest BCUT2D eigenvalue weighted by Gasteiger charge is 2.47. The molecule has 2 aliphatic rings. The Morgan fingerprint density at radius 2 is 1.78 bits per heavy atom. The largest absolute Gasteiger partial charge is 0.444 e. The van der Waals surface area contributed by atoms with Gasteiger partial charge in [0.1, 0.15) is 5.60 Å². The highest BCUT2D eigenvalue weighted by atomic mass is 16.6. The molecule has 0 aromatic rings. The number of nitrogens with zero attached hydrogens (tertiary/aromatic N) is 2. The number of carbonyl (C=O) groups excluding carboxylic acids is 1. The molecule has 0 radical (unpaired) electrons. The van der Waals surface area contributed by atoms with E-state index in [0.717, 1.165) is 24.9 Å². The molecule has 106 valence electrons. The number of amides is 1. The third-order valence-electron chi connectivity index (χ3n) is 3.00. The average Bonchev–Trinajstić information content (AvgIpc) is 2.84. The van der Waals surface area contributed by atoms with Crippen LogP contribution < -0.4 is 5.73 Å². The van der Waals surface area contributed by atoms with Crippen molar-refractivity contribution >= 4 is 6.09 Å². The Balaban J connectivity index is 0.000000280. The Labute approximate surface area is 110 Å². The molecule has 18 heavy (non-hydrogen) atoms. The van der Waals surface area contributed by atoms with E-state index in [4.69, 9.17) is 10.5 Å². The first-order valence-electron chi connectivity index (χ1n) is 6.55. The number of ether oxygens (including phenoxy) is 1. The summed E-state index contributed by atoms with van der Waals surface area (Å²) in [4.78, 5) is 15.3. The predicted molar refractivity (Wildman–Crippen MR) is 72.1 cm³/mol. The summed E-state index contributed by atoms with van der Waals surface area (Å²) in [5, 5.41) is 0. The van der Waals surface area contributed by atoms with E-state index in [2.05, 4.69) is 0 Å². The van der Waals surface area contributed by atoms with Gasteiger partial charge in [0, 0.05) is 19.8 Å². The topological polar surface area (TPSA) is 58.8 Å². The summed E-state index contributed by atoms with van der Waals surface area (Å²) in [6.07, 6.45) is 1.18. The summed E-state index contributed by atoms with van der Waals surface area (Å²) in [7, 11) is 3.86. The van der Waals surface area contributed by atoms with E-state index in [-0.39, 0.29) is 11.7 Å². The molecule has 0 aromatic carbocycles. The van der Waals surface area contributed by atoms with E-state index >= 15 is 0 Å². The minimum absolute atomic E-state index is 0.139. The SMILES string of the molecule is CC(C)(C)OC(=O)N1CC2CC2C1.CN(C)CN. The third kappa shape index (κ3) is 5.23. The summed E-state index contributed by atoms with van der Waals surface area (Å²) in [6, 6.07) is 0. The number of nitrogens with two attached hydrogens (primary N) is 1. The fraction of sp³-hybridized carbons (Fsp3) is 0.923. The standard InChI is InChI=1S/C10H17NO2.C3H10N2/c1-10(2,3)13-9(12)11-5-7-4-8(7)6-11;1-5(2)3-4/h7-8H,4-6H2,1-3H3;3-4H2,1-2H3. The molecule has 2 fully saturated rings. The van der Waals surface area contributed by atoms with Crippen LogP contribution in [0.25, 0.3) is 0 Å². The third-order valence-corrected chi connectivity index (χ3v) is 3.00. The molecule has 2 unspecified atom stereocenters. The van der Waals surface area contributed by atoms with E-state index in [9.17, 15) is 4.79 Å². The monoisotopic (exact) mass is 257 g/mol. The van der Waals surface area contributed by atoms with Crippen molar-refractivity contribution in [1.82, 2.24) is 9.80 Å². The van der Waals surface area contributed by atoms with Gasteiger partial charge >= 0.3 is 6.09 Å². The smallest absolute Gasteiger partial charge is 0.410 e. The van der Waals surface area contributed by atoms with Crippen molar-refractivity contribution in [1.29, 1.82) is 0 Å². The van der Waals surface area contributed by atoms with Crippen molar-refractivity contribution in [2.75, 3.05) is 33.9 Å². The first-order chi connectivity index (χ1) is 8.23. The second kappa shape index (κ2) is 5.89. The molecule has 0 aromatic heterocycles. The lowest BCUT2D eigenvalue weighted by Gasteiger charge is -2.25. The zero-order chi connectivity index (χ0) is 13.9. The molecule has 1 saturated carbocycles. The molecule has 2 rings (SSSR count). The molecule has 1 saturated heterocycles. The Bertz CT molecular complexity index is 276. The van der Waals surface area contributed by atoms with Crippen molar-refractivity contribution in [3.8, 4) is 0 Å². The van der Waals surface area contributed by atoms with Crippen LogP contribution in [0.5, 0.6) is 0 Å². The fourth-order valence-corrected chi connectivity index (χ4v) is 1.87. The van der Waals surface area contributed by atoms with Gasteiger partial charge < -0.3 is 15.4 Å². The van der Waals surface area contributed by atoms with Crippen LogP contribution in [0, 0.1) is 11.8 Å². The normalized spacial score (nSPS) is 25.4. The summed E-state index contributed by atoms with van der Waals surface area (Å²) in [6.45, 7) is 8.18. The highest BCUT2D eigenvalue weighted by molar-refractivity contribution is 5.68. The van der Waals surface area contributed by atoms with Gasteiger partial charge in [0.2, 0.25) is 0 Å². The van der Waals surface area contributed by atoms with Crippen molar-refractivity contribution < 1.29 is 9.53 Å². The molecular weight excluding hydrogens is 230 g/mol. The summed E-state index contributed by atoms with van der Waals surface area (Å²) >= 11 is 0. The van der Waals surface area contributed by atoms with Gasteiger partial charge in [0.05, 0.1) is 0 Å². The molecule has 2 atom stereocenters. The second-order valence-corrected chi connectivity index (χ2v) is 6.40. The van der Waals surface area contributed by atoms with E-state index in [1.165, 1.54) is 6.42 Å². The molecule has 0 bridgehead atoms. The van der Waals surface area contributed by atoms with Crippen LogP contribution in [0.3, 0.4) is 0 Å². The Hall–Kier alpha value is -0.810. The number of hydrogen-bond acceptors (Lipinski definition) is 4. The van der Waals surface area contributed by atoms with Crippen molar-refractivity contribution in [2.45, 2.75) is 32.8 Å². The second-order valence-electron chi connectivity index (χ2n) is 6.40. The summed E-state index contributed by atoms with van der Waals surface area (Å²) in [5.41, 5.74) is 4.74. The van der Waals surface area contributed by atoms with Crippen LogP contribution >= 0.6 is 0 Å². The fourth-order valence-electron chi connectivity index (χ4n) is 1.87. The summed E-state index contributed by atoms with van der Waals surface area (Å²) < 4.78 is 5.28. The zero-order valence-electron chi connectivity index (χ0n) is 12.3. The van der Waals surface area contributed by atoms with Crippen LogP contribution in [0.2, 0.25) is 0 Å². The molecule has 1 aliphatic carbocycles. The molecule has 5 heteroatoms. The van der Waals surface area contributed by atoms with Crippen molar-refractivity contribution in [3.63, 3.8) is 0 Å². The maximum atomic E-state index is 11.5. The Kier molecular flexibility index (Phi) is 4.99. The van der Waals surface area contributed by atoms with Crippen LogP contribution in [-0.2, 0) is 4.74 Å². The van der Waals surface area contributed by atoms with Crippen LogP contribution in [0.4, 0.5) is 4.79 Å². The molecule has 1 heterocycles. The maximum Gasteiger partial charge on any atom is 0.410 e. The molecule has 0 spiro atoms. The molecule has 1 amide bonds. The van der Waals surface area contributed by atoms with Gasteiger partial charge in [-0.2, -0.15) is 0 Å². The zero-order valence-corrected chi connectivity index (χ0v) is 12.3. The van der Waals surface area contributed by atoms with E-state index < -0.39 is 0 Å².